The number of hydrogen-bond donors (Lipinski definition) is 1. The minimum Gasteiger partial charge on any atom is -0.360 e. The first-order valence-corrected chi connectivity index (χ1v) is 5.00. The highest BCUT2D eigenvalue weighted by atomic mass is 15.2. The summed E-state index contributed by atoms with van der Waals surface area (Å²) in [5, 5.41) is 11.8. The number of rotatable bonds is 5. The van der Waals surface area contributed by atoms with Gasteiger partial charge in [-0.05, 0) is 32.1 Å². The van der Waals surface area contributed by atoms with Gasteiger partial charge >= 0.3 is 0 Å². The van der Waals surface area contributed by atoms with Crippen molar-refractivity contribution in [2.75, 3.05) is 32.1 Å². The van der Waals surface area contributed by atoms with Crippen molar-refractivity contribution in [3.8, 4) is 6.07 Å². The molecular weight excluding hydrogens is 188 g/mol. The Kier molecular flexibility index (Phi) is 4.58. The highest BCUT2D eigenvalue weighted by Crippen LogP contribution is 2.10. The van der Waals surface area contributed by atoms with Crippen LogP contribution in [-0.2, 0) is 0 Å². The molecule has 0 aliphatic rings. The molecule has 80 valence electrons. The average molecular weight is 204 g/mol. The summed E-state index contributed by atoms with van der Waals surface area (Å²) < 4.78 is 0. The number of hydrogen-bond acceptors (Lipinski definition) is 4. The van der Waals surface area contributed by atoms with Gasteiger partial charge in [-0.2, -0.15) is 5.26 Å². The number of nitriles is 1. The Labute approximate surface area is 90.5 Å². The van der Waals surface area contributed by atoms with Crippen molar-refractivity contribution in [2.45, 2.75) is 6.42 Å². The van der Waals surface area contributed by atoms with Gasteiger partial charge in [0, 0.05) is 19.8 Å². The van der Waals surface area contributed by atoms with E-state index in [0.717, 1.165) is 25.3 Å². The van der Waals surface area contributed by atoms with Gasteiger partial charge in [0.2, 0.25) is 0 Å². The molecule has 15 heavy (non-hydrogen) atoms. The summed E-state index contributed by atoms with van der Waals surface area (Å²) in [5.74, 6) is 0.852. The van der Waals surface area contributed by atoms with E-state index in [1.165, 1.54) is 0 Å². The van der Waals surface area contributed by atoms with Gasteiger partial charge in [0.1, 0.15) is 5.82 Å². The Morgan fingerprint density at radius 1 is 1.60 bits per heavy atom. The smallest absolute Gasteiger partial charge is 0.129 e. The van der Waals surface area contributed by atoms with Gasteiger partial charge in [-0.1, -0.05) is 0 Å². The van der Waals surface area contributed by atoms with Crippen LogP contribution in [0, 0.1) is 11.3 Å². The summed E-state index contributed by atoms with van der Waals surface area (Å²) >= 11 is 0. The maximum absolute atomic E-state index is 8.75. The van der Waals surface area contributed by atoms with E-state index in [0.29, 0.717) is 5.56 Å². The molecule has 1 aromatic rings. The first-order valence-electron chi connectivity index (χ1n) is 5.00. The molecule has 4 heteroatoms. The molecule has 0 atom stereocenters. The number of nitrogens with one attached hydrogen (secondary N) is 1. The predicted octanol–water partition coefficient (Wildman–Crippen LogP) is 0.999. The van der Waals surface area contributed by atoms with Gasteiger partial charge in [0.05, 0.1) is 11.6 Å². The molecule has 0 amide bonds. The molecule has 0 aliphatic carbocycles. The number of pyridine rings is 1. The van der Waals surface area contributed by atoms with E-state index < -0.39 is 0 Å². The lowest BCUT2D eigenvalue weighted by atomic mass is 10.3. The Balaban J connectivity index is 2.57. The van der Waals surface area contributed by atoms with Gasteiger partial charge < -0.3 is 10.2 Å². The first-order chi connectivity index (χ1) is 7.27. The molecule has 0 spiro atoms. The van der Waals surface area contributed by atoms with E-state index in [1.54, 1.807) is 18.3 Å². The van der Waals surface area contributed by atoms with E-state index in [4.69, 9.17) is 5.26 Å². The summed E-state index contributed by atoms with van der Waals surface area (Å²) in [7, 11) is 3.92. The van der Waals surface area contributed by atoms with Gasteiger partial charge in [-0.25, -0.2) is 4.98 Å². The molecule has 0 saturated carbocycles. The van der Waals surface area contributed by atoms with Gasteiger partial charge in [0.25, 0.3) is 0 Å². The molecule has 1 aromatic heterocycles. The molecule has 0 unspecified atom stereocenters. The number of aromatic nitrogens is 1. The molecule has 0 fully saturated rings. The molecule has 1 rings (SSSR count). The maximum Gasteiger partial charge on any atom is 0.129 e. The molecule has 4 nitrogen and oxygen atoms in total. The van der Waals surface area contributed by atoms with E-state index >= 15 is 0 Å². The summed E-state index contributed by atoms with van der Waals surface area (Å²) in [4.78, 5) is 6.27. The van der Waals surface area contributed by atoms with Gasteiger partial charge in [-0.15, -0.1) is 0 Å². The molecule has 0 aliphatic heterocycles. The lowest BCUT2D eigenvalue weighted by molar-refractivity contribution is 0.709. The largest absolute Gasteiger partial charge is 0.360 e. The second kappa shape index (κ2) is 5.99. The number of anilines is 1. The van der Waals surface area contributed by atoms with Gasteiger partial charge in [-0.3, -0.25) is 0 Å². The molecular formula is C11H16N4. The van der Waals surface area contributed by atoms with Crippen molar-refractivity contribution < 1.29 is 0 Å². The zero-order valence-corrected chi connectivity index (χ0v) is 9.20. The molecule has 0 radical (unpaired) electrons. The lowest BCUT2D eigenvalue weighted by Gasteiger charge is -2.17. The fraction of sp³-hybridized carbons (Fsp3) is 0.455. The third-order valence-electron chi connectivity index (χ3n) is 2.19. The highest BCUT2D eigenvalue weighted by Gasteiger charge is 2.02. The van der Waals surface area contributed by atoms with Crippen LogP contribution in [0.3, 0.4) is 0 Å². The third-order valence-corrected chi connectivity index (χ3v) is 2.19. The Morgan fingerprint density at radius 2 is 2.40 bits per heavy atom. The van der Waals surface area contributed by atoms with Crippen molar-refractivity contribution >= 4 is 5.82 Å². The molecule has 0 saturated heterocycles. The zero-order chi connectivity index (χ0) is 11.1. The normalized spacial score (nSPS) is 9.67. The summed E-state index contributed by atoms with van der Waals surface area (Å²) in [6.07, 6.45) is 2.73. The fourth-order valence-corrected chi connectivity index (χ4v) is 1.30. The Morgan fingerprint density at radius 3 is 3.07 bits per heavy atom. The predicted molar refractivity (Wildman–Crippen MR) is 60.8 cm³/mol. The van der Waals surface area contributed by atoms with Crippen LogP contribution in [0.5, 0.6) is 0 Å². The van der Waals surface area contributed by atoms with Crippen LogP contribution in [0.4, 0.5) is 5.82 Å². The SMILES string of the molecule is CNCCCN(C)c1cc(C#N)ccn1. The minimum absolute atomic E-state index is 0.653. The topological polar surface area (TPSA) is 52.0 Å². The molecule has 0 bridgehead atoms. The molecule has 1 N–H and O–H groups in total. The monoisotopic (exact) mass is 204 g/mol. The van der Waals surface area contributed by atoms with Crippen LogP contribution < -0.4 is 10.2 Å². The van der Waals surface area contributed by atoms with Gasteiger partial charge in [0.15, 0.2) is 0 Å². The fourth-order valence-electron chi connectivity index (χ4n) is 1.30. The summed E-state index contributed by atoms with van der Waals surface area (Å²) in [5.41, 5.74) is 0.653. The maximum atomic E-state index is 8.75. The summed E-state index contributed by atoms with van der Waals surface area (Å²) in [6, 6.07) is 5.63. The van der Waals surface area contributed by atoms with E-state index in [-0.39, 0.29) is 0 Å². The average Bonchev–Trinajstić information content (AvgIpc) is 2.29. The van der Waals surface area contributed by atoms with E-state index in [2.05, 4.69) is 21.3 Å². The third kappa shape index (κ3) is 3.56. The zero-order valence-electron chi connectivity index (χ0n) is 9.20. The first kappa shape index (κ1) is 11.5. The van der Waals surface area contributed by atoms with Crippen molar-refractivity contribution in [3.05, 3.63) is 23.9 Å². The van der Waals surface area contributed by atoms with Crippen molar-refractivity contribution in [1.29, 1.82) is 5.26 Å². The van der Waals surface area contributed by atoms with Crippen molar-refractivity contribution in [3.63, 3.8) is 0 Å². The quantitative estimate of drug-likeness (QED) is 0.727. The summed E-state index contributed by atoms with van der Waals surface area (Å²) in [6.45, 7) is 1.92. The van der Waals surface area contributed by atoms with Crippen LogP contribution in [-0.4, -0.2) is 32.2 Å². The van der Waals surface area contributed by atoms with Crippen LogP contribution in [0.2, 0.25) is 0 Å². The van der Waals surface area contributed by atoms with Crippen molar-refractivity contribution in [1.82, 2.24) is 10.3 Å². The lowest BCUT2D eigenvalue weighted by Crippen LogP contribution is -2.23. The van der Waals surface area contributed by atoms with Crippen LogP contribution in [0.25, 0.3) is 0 Å². The van der Waals surface area contributed by atoms with Crippen LogP contribution >= 0.6 is 0 Å². The molecule has 0 aromatic carbocycles. The number of nitrogens with zero attached hydrogens (tertiary/aromatic N) is 3. The van der Waals surface area contributed by atoms with E-state index in [9.17, 15) is 0 Å². The highest BCUT2D eigenvalue weighted by molar-refractivity contribution is 5.44. The molecule has 1 heterocycles. The Bertz CT molecular complexity index is 343. The van der Waals surface area contributed by atoms with Crippen LogP contribution in [0.15, 0.2) is 18.3 Å². The second-order valence-electron chi connectivity index (χ2n) is 3.39. The van der Waals surface area contributed by atoms with Crippen LogP contribution in [0.1, 0.15) is 12.0 Å². The second-order valence-corrected chi connectivity index (χ2v) is 3.39. The standard InChI is InChI=1S/C11H16N4/c1-13-5-3-7-15(2)11-8-10(9-12)4-6-14-11/h4,6,8,13H,3,5,7H2,1-2H3. The Hall–Kier alpha value is -1.60. The van der Waals surface area contributed by atoms with E-state index in [1.807, 2.05) is 14.1 Å². The minimum atomic E-state index is 0.653. The van der Waals surface area contributed by atoms with Crippen molar-refractivity contribution in [2.24, 2.45) is 0 Å².